The van der Waals surface area contributed by atoms with Crippen LogP contribution in [0.15, 0.2) is 5.38 Å². The van der Waals surface area contributed by atoms with Crippen LogP contribution < -0.4 is 5.32 Å². The summed E-state index contributed by atoms with van der Waals surface area (Å²) in [7, 11) is 2.11. The lowest BCUT2D eigenvalue weighted by molar-refractivity contribution is 0.207. The van der Waals surface area contributed by atoms with Crippen LogP contribution in [0.1, 0.15) is 63.6 Å². The van der Waals surface area contributed by atoms with Gasteiger partial charge in [0.25, 0.3) is 0 Å². The first-order valence-corrected chi connectivity index (χ1v) is 8.37. The van der Waals surface area contributed by atoms with Gasteiger partial charge in [-0.3, -0.25) is 0 Å². The number of aromatic nitrogens is 1. The Morgan fingerprint density at radius 3 is 2.58 bits per heavy atom. The number of thiazole rings is 1. The molecule has 2 rings (SSSR count). The highest BCUT2D eigenvalue weighted by Gasteiger charge is 2.38. The fourth-order valence-electron chi connectivity index (χ4n) is 3.35. The zero-order chi connectivity index (χ0) is 14.1. The van der Waals surface area contributed by atoms with Crippen LogP contribution in [0.3, 0.4) is 0 Å². The molecule has 0 radical (unpaired) electrons. The Hall–Kier alpha value is -0.410. The normalized spacial score (nSPS) is 29.2. The van der Waals surface area contributed by atoms with Crippen molar-refractivity contribution in [2.24, 2.45) is 11.3 Å². The maximum atomic E-state index is 4.76. The monoisotopic (exact) mass is 280 g/mol. The van der Waals surface area contributed by atoms with Crippen LogP contribution in [0, 0.1) is 18.3 Å². The van der Waals surface area contributed by atoms with Gasteiger partial charge in [-0.15, -0.1) is 11.3 Å². The molecule has 0 saturated heterocycles. The molecule has 0 bridgehead atoms. The molecule has 2 atom stereocenters. The van der Waals surface area contributed by atoms with Gasteiger partial charge in [-0.25, -0.2) is 4.98 Å². The zero-order valence-electron chi connectivity index (χ0n) is 13.0. The molecule has 19 heavy (non-hydrogen) atoms. The quantitative estimate of drug-likeness (QED) is 0.807. The first-order chi connectivity index (χ1) is 8.87. The Morgan fingerprint density at radius 2 is 2.05 bits per heavy atom. The van der Waals surface area contributed by atoms with Gasteiger partial charge in [0.1, 0.15) is 5.01 Å². The molecule has 1 aromatic heterocycles. The lowest BCUT2D eigenvalue weighted by Crippen LogP contribution is -2.39. The molecular weight excluding hydrogens is 252 g/mol. The lowest BCUT2D eigenvalue weighted by Gasteiger charge is -2.32. The molecule has 0 spiro atoms. The van der Waals surface area contributed by atoms with Crippen molar-refractivity contribution in [1.82, 2.24) is 10.3 Å². The van der Waals surface area contributed by atoms with Crippen LogP contribution in [0.25, 0.3) is 0 Å². The molecule has 0 aliphatic heterocycles. The molecule has 1 aliphatic rings. The summed E-state index contributed by atoms with van der Waals surface area (Å²) in [5, 5.41) is 7.08. The molecule has 2 unspecified atom stereocenters. The van der Waals surface area contributed by atoms with Crippen LogP contribution >= 0.6 is 11.3 Å². The Kier molecular flexibility index (Phi) is 4.36. The smallest absolute Gasteiger partial charge is 0.113 e. The average molecular weight is 280 g/mol. The van der Waals surface area contributed by atoms with Crippen LogP contribution in [0.4, 0.5) is 0 Å². The van der Waals surface area contributed by atoms with Gasteiger partial charge in [0.05, 0.1) is 5.54 Å². The van der Waals surface area contributed by atoms with Crippen molar-refractivity contribution in [3.8, 4) is 0 Å². The minimum atomic E-state index is 0.124. The minimum absolute atomic E-state index is 0.124. The lowest BCUT2D eigenvalue weighted by atomic mass is 9.76. The fourth-order valence-corrected chi connectivity index (χ4v) is 4.41. The number of hydrogen-bond acceptors (Lipinski definition) is 3. The Balaban J connectivity index is 2.19. The number of nitrogens with zero attached hydrogens (tertiary/aromatic N) is 1. The molecule has 3 heteroatoms. The predicted molar refractivity (Wildman–Crippen MR) is 83.6 cm³/mol. The minimum Gasteiger partial charge on any atom is -0.308 e. The first kappa shape index (κ1) is 15.0. The summed E-state index contributed by atoms with van der Waals surface area (Å²) < 4.78 is 0. The van der Waals surface area contributed by atoms with Crippen LogP contribution in [-0.2, 0) is 5.54 Å². The maximum Gasteiger partial charge on any atom is 0.113 e. The summed E-state index contributed by atoms with van der Waals surface area (Å²) in [6.07, 6.45) is 6.42. The van der Waals surface area contributed by atoms with Crippen molar-refractivity contribution in [3.63, 3.8) is 0 Å². The van der Waals surface area contributed by atoms with E-state index >= 15 is 0 Å². The summed E-state index contributed by atoms with van der Waals surface area (Å²) in [6.45, 7) is 9.25. The Bertz CT molecular complexity index is 419. The van der Waals surface area contributed by atoms with E-state index in [1.165, 1.54) is 37.1 Å². The molecule has 0 aromatic carbocycles. The van der Waals surface area contributed by atoms with Gasteiger partial charge in [-0.1, -0.05) is 27.2 Å². The second kappa shape index (κ2) is 5.53. The molecule has 1 saturated carbocycles. The van der Waals surface area contributed by atoms with Crippen LogP contribution in [0.5, 0.6) is 0 Å². The molecule has 1 aromatic rings. The van der Waals surface area contributed by atoms with E-state index in [1.54, 1.807) is 0 Å². The Morgan fingerprint density at radius 1 is 1.32 bits per heavy atom. The van der Waals surface area contributed by atoms with Crippen molar-refractivity contribution in [2.45, 2.75) is 65.3 Å². The van der Waals surface area contributed by atoms with Gasteiger partial charge < -0.3 is 5.32 Å². The number of nitrogens with one attached hydrogen (secondary N) is 1. The summed E-state index contributed by atoms with van der Waals surface area (Å²) in [5.41, 5.74) is 1.72. The van der Waals surface area contributed by atoms with Crippen LogP contribution in [-0.4, -0.2) is 12.0 Å². The zero-order valence-corrected chi connectivity index (χ0v) is 13.9. The third-order valence-electron chi connectivity index (χ3n) is 4.81. The standard InChI is InChI=1S/C16H28N2S/c1-12-11-19-14(18-12)16(17-5)9-6-7-13(8-10-16)15(2,3)4/h11,13,17H,6-10H2,1-5H3. The molecular formula is C16H28N2S. The first-order valence-electron chi connectivity index (χ1n) is 7.49. The maximum absolute atomic E-state index is 4.76. The van der Waals surface area contributed by atoms with Gasteiger partial charge in [0.15, 0.2) is 0 Å². The van der Waals surface area contributed by atoms with E-state index in [0.29, 0.717) is 5.41 Å². The second-order valence-electron chi connectivity index (χ2n) is 7.12. The summed E-state index contributed by atoms with van der Waals surface area (Å²) in [6, 6.07) is 0. The number of rotatable bonds is 2. The number of aryl methyl sites for hydroxylation is 1. The van der Waals surface area contributed by atoms with Crippen molar-refractivity contribution < 1.29 is 0 Å². The Labute approximate surface area is 122 Å². The molecule has 1 heterocycles. The molecule has 1 aliphatic carbocycles. The van der Waals surface area contributed by atoms with Crippen LogP contribution in [0.2, 0.25) is 0 Å². The van der Waals surface area contributed by atoms with Gasteiger partial charge in [-0.05, 0) is 51.0 Å². The highest BCUT2D eigenvalue weighted by atomic mass is 32.1. The van der Waals surface area contributed by atoms with E-state index in [2.05, 4.69) is 45.4 Å². The highest BCUT2D eigenvalue weighted by molar-refractivity contribution is 7.09. The number of hydrogen-bond donors (Lipinski definition) is 1. The van der Waals surface area contributed by atoms with E-state index in [-0.39, 0.29) is 5.54 Å². The van der Waals surface area contributed by atoms with Gasteiger partial charge in [0.2, 0.25) is 0 Å². The topological polar surface area (TPSA) is 24.9 Å². The van der Waals surface area contributed by atoms with Gasteiger partial charge in [0, 0.05) is 11.1 Å². The van der Waals surface area contributed by atoms with Gasteiger partial charge >= 0.3 is 0 Å². The largest absolute Gasteiger partial charge is 0.308 e. The highest BCUT2D eigenvalue weighted by Crippen LogP contribution is 2.43. The van der Waals surface area contributed by atoms with Crippen molar-refractivity contribution >= 4 is 11.3 Å². The molecule has 0 amide bonds. The molecule has 1 N–H and O–H groups in total. The summed E-state index contributed by atoms with van der Waals surface area (Å²) >= 11 is 1.82. The molecule has 2 nitrogen and oxygen atoms in total. The van der Waals surface area contributed by atoms with Crippen molar-refractivity contribution in [2.75, 3.05) is 7.05 Å². The average Bonchev–Trinajstić information content (AvgIpc) is 2.65. The third kappa shape index (κ3) is 3.19. The summed E-state index contributed by atoms with van der Waals surface area (Å²) in [5.74, 6) is 0.837. The third-order valence-corrected chi connectivity index (χ3v) is 5.97. The molecule has 108 valence electrons. The SMILES string of the molecule is CNC1(c2nc(C)cs2)CCCC(C(C)(C)C)CC1. The second-order valence-corrected chi connectivity index (χ2v) is 7.98. The summed E-state index contributed by atoms with van der Waals surface area (Å²) in [4.78, 5) is 4.76. The van der Waals surface area contributed by atoms with E-state index in [9.17, 15) is 0 Å². The molecule has 1 fully saturated rings. The van der Waals surface area contributed by atoms with Crippen molar-refractivity contribution in [1.29, 1.82) is 0 Å². The van der Waals surface area contributed by atoms with E-state index < -0.39 is 0 Å². The van der Waals surface area contributed by atoms with E-state index in [1.807, 2.05) is 11.3 Å². The van der Waals surface area contributed by atoms with E-state index in [0.717, 1.165) is 11.6 Å². The predicted octanol–water partition coefficient (Wildman–Crippen LogP) is 4.49. The van der Waals surface area contributed by atoms with E-state index in [4.69, 9.17) is 4.98 Å². The van der Waals surface area contributed by atoms with Crippen molar-refractivity contribution in [3.05, 3.63) is 16.1 Å². The fraction of sp³-hybridized carbons (Fsp3) is 0.812. The van der Waals surface area contributed by atoms with Gasteiger partial charge in [-0.2, -0.15) is 0 Å².